The Kier molecular flexibility index (Phi) is 3.59. The molecule has 0 saturated carbocycles. The molecule has 6 nitrogen and oxygen atoms in total. The van der Waals surface area contributed by atoms with E-state index in [9.17, 15) is 0 Å². The fourth-order valence-corrected chi connectivity index (χ4v) is 6.48. The van der Waals surface area contributed by atoms with E-state index in [0.29, 0.717) is 0 Å². The Morgan fingerprint density at radius 3 is 2.40 bits per heavy atom. The summed E-state index contributed by atoms with van der Waals surface area (Å²) in [6.45, 7) is 3.97. The van der Waals surface area contributed by atoms with Crippen LogP contribution in [0.5, 0.6) is 0 Å². The molecule has 8 aromatic rings. The van der Waals surface area contributed by atoms with E-state index in [2.05, 4.69) is 73.5 Å². The van der Waals surface area contributed by atoms with Crippen LogP contribution < -0.4 is 0 Å². The highest BCUT2D eigenvalue weighted by Crippen LogP contribution is 2.39. The molecule has 0 unspecified atom stereocenters. The van der Waals surface area contributed by atoms with E-state index in [1.807, 2.05) is 31.4 Å². The quantitative estimate of drug-likeness (QED) is 0.249. The van der Waals surface area contributed by atoms with Gasteiger partial charge >= 0.3 is 0 Å². The van der Waals surface area contributed by atoms with Crippen LogP contribution in [-0.2, 0) is 0 Å². The zero-order valence-electron chi connectivity index (χ0n) is 19.0. The van der Waals surface area contributed by atoms with Gasteiger partial charge in [0.15, 0.2) is 0 Å². The van der Waals surface area contributed by atoms with Crippen LogP contribution in [-0.4, -0.2) is 29.9 Å². The van der Waals surface area contributed by atoms with Gasteiger partial charge in [-0.05, 0) is 54.6 Å². The van der Waals surface area contributed by atoms with E-state index in [1.165, 1.54) is 25.7 Å². The second kappa shape index (κ2) is 6.61. The van der Waals surface area contributed by atoms with Gasteiger partial charge in [-0.25, -0.2) is 19.9 Å². The SMILES string of the molecule is Cc1nc2cc3sc4cc(-c5ccc6c(c5)c5cncnc5c5[nH]c(C)nc65)ccc4c3cc2[nH]1. The minimum absolute atomic E-state index is 0.883. The average molecular weight is 471 g/mol. The van der Waals surface area contributed by atoms with Gasteiger partial charge in [-0.1, -0.05) is 24.3 Å². The minimum atomic E-state index is 0.883. The molecule has 0 aliphatic carbocycles. The number of hydrogen-bond acceptors (Lipinski definition) is 5. The third-order valence-electron chi connectivity index (χ3n) is 6.86. The number of aromatic amines is 2. The highest BCUT2D eigenvalue weighted by molar-refractivity contribution is 7.25. The molecule has 4 aromatic heterocycles. The van der Waals surface area contributed by atoms with Crippen LogP contribution in [0.1, 0.15) is 11.6 Å². The van der Waals surface area contributed by atoms with Crippen molar-refractivity contribution in [2.24, 2.45) is 0 Å². The van der Waals surface area contributed by atoms with Gasteiger partial charge in [0.2, 0.25) is 0 Å². The number of aromatic nitrogens is 6. The summed E-state index contributed by atoms with van der Waals surface area (Å²) in [5.74, 6) is 1.83. The Balaban J connectivity index is 1.37. The van der Waals surface area contributed by atoms with Gasteiger partial charge in [0.1, 0.15) is 18.0 Å². The first-order valence-electron chi connectivity index (χ1n) is 11.5. The number of thiophene rings is 1. The van der Waals surface area contributed by atoms with Crippen molar-refractivity contribution in [3.8, 4) is 11.1 Å². The van der Waals surface area contributed by atoms with Gasteiger partial charge < -0.3 is 9.97 Å². The zero-order chi connectivity index (χ0) is 23.3. The molecule has 35 heavy (non-hydrogen) atoms. The highest BCUT2D eigenvalue weighted by atomic mass is 32.1. The molecule has 166 valence electrons. The number of aryl methyl sites for hydroxylation is 2. The maximum absolute atomic E-state index is 4.76. The molecule has 8 rings (SSSR count). The first-order valence-corrected chi connectivity index (χ1v) is 12.3. The molecule has 4 aromatic carbocycles. The zero-order valence-corrected chi connectivity index (χ0v) is 19.8. The molecule has 0 radical (unpaired) electrons. The Morgan fingerprint density at radius 1 is 0.686 bits per heavy atom. The molecule has 0 amide bonds. The molecule has 0 bridgehead atoms. The fourth-order valence-electron chi connectivity index (χ4n) is 5.32. The molecule has 4 heterocycles. The second-order valence-electron chi connectivity index (χ2n) is 9.09. The van der Waals surface area contributed by atoms with E-state index < -0.39 is 0 Å². The summed E-state index contributed by atoms with van der Waals surface area (Å²) in [6, 6.07) is 17.8. The van der Waals surface area contributed by atoms with Crippen molar-refractivity contribution in [1.82, 2.24) is 29.9 Å². The molecule has 0 spiro atoms. The number of nitrogens with zero attached hydrogens (tertiary/aromatic N) is 4. The van der Waals surface area contributed by atoms with Crippen molar-refractivity contribution in [2.75, 3.05) is 0 Å². The van der Waals surface area contributed by atoms with Crippen LogP contribution >= 0.6 is 11.3 Å². The Hall–Kier alpha value is -4.36. The van der Waals surface area contributed by atoms with Crippen LogP contribution in [0, 0.1) is 13.8 Å². The fraction of sp³-hybridized carbons (Fsp3) is 0.0714. The average Bonchev–Trinajstić information content (AvgIpc) is 3.54. The third kappa shape index (κ3) is 2.64. The van der Waals surface area contributed by atoms with Crippen molar-refractivity contribution in [1.29, 1.82) is 0 Å². The second-order valence-corrected chi connectivity index (χ2v) is 10.2. The summed E-state index contributed by atoms with van der Waals surface area (Å²) in [4.78, 5) is 25.0. The smallest absolute Gasteiger partial charge is 0.116 e. The lowest BCUT2D eigenvalue weighted by Crippen LogP contribution is -1.87. The standard InChI is InChI=1S/C28H18N6S/c1-13-31-22-9-20-17-5-3-16(8-24(17)35-25(20)10-23(22)32-13)15-4-6-18-19(7-15)21-11-29-12-30-26(21)28-27(18)33-14(2)34-28/h3-12H,1-2H3,(H,31,32)(H,33,34). The number of benzene rings is 4. The number of nitrogens with one attached hydrogen (secondary N) is 2. The molecular weight excluding hydrogens is 452 g/mol. The van der Waals surface area contributed by atoms with Crippen LogP contribution in [0.25, 0.3) is 75.0 Å². The maximum atomic E-state index is 4.76. The van der Waals surface area contributed by atoms with Crippen molar-refractivity contribution in [2.45, 2.75) is 13.8 Å². The molecule has 0 fully saturated rings. The predicted octanol–water partition coefficient (Wildman–Crippen LogP) is 7.19. The lowest BCUT2D eigenvalue weighted by Gasteiger charge is -2.08. The monoisotopic (exact) mass is 470 g/mol. The maximum Gasteiger partial charge on any atom is 0.116 e. The molecule has 0 aliphatic rings. The molecule has 0 saturated heterocycles. The number of hydrogen-bond donors (Lipinski definition) is 2. The van der Waals surface area contributed by atoms with E-state index >= 15 is 0 Å². The van der Waals surface area contributed by atoms with Gasteiger partial charge in [-0.2, -0.15) is 0 Å². The number of imidazole rings is 2. The van der Waals surface area contributed by atoms with Crippen molar-refractivity contribution >= 4 is 75.3 Å². The van der Waals surface area contributed by atoms with Crippen molar-refractivity contribution in [3.63, 3.8) is 0 Å². The summed E-state index contributed by atoms with van der Waals surface area (Å²) in [5, 5.41) is 5.80. The minimum Gasteiger partial charge on any atom is -0.342 e. The van der Waals surface area contributed by atoms with Gasteiger partial charge in [-0.3, -0.25) is 0 Å². The Bertz CT molecular complexity index is 2150. The Morgan fingerprint density at radius 2 is 1.49 bits per heavy atom. The summed E-state index contributed by atoms with van der Waals surface area (Å²) in [6.07, 6.45) is 3.50. The van der Waals surface area contributed by atoms with E-state index in [0.717, 1.165) is 61.0 Å². The molecular formula is C28H18N6S. The first-order chi connectivity index (χ1) is 17.1. The van der Waals surface area contributed by atoms with Crippen LogP contribution in [0.3, 0.4) is 0 Å². The van der Waals surface area contributed by atoms with Gasteiger partial charge in [0, 0.05) is 37.1 Å². The summed E-state index contributed by atoms with van der Waals surface area (Å²) >= 11 is 1.82. The van der Waals surface area contributed by atoms with Crippen molar-refractivity contribution < 1.29 is 0 Å². The normalized spacial score (nSPS) is 12.3. The number of H-pyrrole nitrogens is 2. The largest absolute Gasteiger partial charge is 0.342 e. The third-order valence-corrected chi connectivity index (χ3v) is 7.98. The van der Waals surface area contributed by atoms with Gasteiger partial charge in [0.05, 0.1) is 27.6 Å². The summed E-state index contributed by atoms with van der Waals surface area (Å²) < 4.78 is 2.53. The summed E-state index contributed by atoms with van der Waals surface area (Å²) in [5.41, 5.74) is 7.28. The number of rotatable bonds is 1. The predicted molar refractivity (Wildman–Crippen MR) is 144 cm³/mol. The Labute approximate surface area is 202 Å². The van der Waals surface area contributed by atoms with E-state index in [-0.39, 0.29) is 0 Å². The molecule has 0 atom stereocenters. The molecule has 0 aliphatic heterocycles. The van der Waals surface area contributed by atoms with Crippen LogP contribution in [0.2, 0.25) is 0 Å². The lowest BCUT2D eigenvalue weighted by atomic mass is 9.97. The van der Waals surface area contributed by atoms with E-state index in [1.54, 1.807) is 6.33 Å². The van der Waals surface area contributed by atoms with E-state index in [4.69, 9.17) is 4.98 Å². The molecule has 2 N–H and O–H groups in total. The lowest BCUT2D eigenvalue weighted by molar-refractivity contribution is 1.17. The summed E-state index contributed by atoms with van der Waals surface area (Å²) in [7, 11) is 0. The topological polar surface area (TPSA) is 83.1 Å². The first kappa shape index (κ1) is 19.0. The highest BCUT2D eigenvalue weighted by Gasteiger charge is 2.15. The van der Waals surface area contributed by atoms with Gasteiger partial charge in [0.25, 0.3) is 0 Å². The number of fused-ring (bicyclic) bond motifs is 10. The van der Waals surface area contributed by atoms with Crippen molar-refractivity contribution in [3.05, 3.63) is 72.7 Å². The van der Waals surface area contributed by atoms with Crippen LogP contribution in [0.4, 0.5) is 0 Å². The van der Waals surface area contributed by atoms with Gasteiger partial charge in [-0.15, -0.1) is 11.3 Å². The van der Waals surface area contributed by atoms with Crippen LogP contribution in [0.15, 0.2) is 61.1 Å². The molecule has 7 heteroatoms.